The number of nitrogens with zero attached hydrogens (tertiary/aromatic N) is 1. The van der Waals surface area contributed by atoms with Gasteiger partial charge in [0.25, 0.3) is 10.0 Å². The van der Waals surface area contributed by atoms with Crippen LogP contribution in [-0.2, 0) is 21.2 Å². The standard InChI is InChI=1S/C29H36N2O4S/c1-21(2)35-26-13-11-25(12-14-26)7-6-18-30-29(32)20-31(28-17-10-23(4)19-24(28)5)36(33,34)27-15-8-22(3)9-16-27/h8-17,19,21H,6-7,18,20H2,1-5H3,(H,30,32). The predicted molar refractivity (Wildman–Crippen MR) is 145 cm³/mol. The highest BCUT2D eigenvalue weighted by molar-refractivity contribution is 7.92. The van der Waals surface area contributed by atoms with E-state index in [9.17, 15) is 13.2 Å². The lowest BCUT2D eigenvalue weighted by Gasteiger charge is -2.26. The van der Waals surface area contributed by atoms with Crippen molar-refractivity contribution in [2.24, 2.45) is 0 Å². The second kappa shape index (κ2) is 12.1. The van der Waals surface area contributed by atoms with E-state index in [2.05, 4.69) is 5.32 Å². The molecule has 0 radical (unpaired) electrons. The van der Waals surface area contributed by atoms with Crippen molar-refractivity contribution < 1.29 is 17.9 Å². The number of carbonyl (C=O) groups excluding carboxylic acids is 1. The molecule has 0 saturated heterocycles. The fraction of sp³-hybridized carbons (Fsp3) is 0.345. The van der Waals surface area contributed by atoms with Gasteiger partial charge in [0.2, 0.25) is 5.91 Å². The van der Waals surface area contributed by atoms with Gasteiger partial charge in [-0.1, -0.05) is 47.5 Å². The molecular formula is C29H36N2O4S. The normalized spacial score (nSPS) is 11.4. The lowest BCUT2D eigenvalue weighted by molar-refractivity contribution is -0.119. The quantitative estimate of drug-likeness (QED) is 0.355. The molecule has 0 aromatic heterocycles. The fourth-order valence-electron chi connectivity index (χ4n) is 3.94. The summed E-state index contributed by atoms with van der Waals surface area (Å²) in [5.41, 5.74) is 4.44. The van der Waals surface area contributed by atoms with Crippen LogP contribution in [0.3, 0.4) is 0 Å². The predicted octanol–water partition coefficient (Wildman–Crippen LogP) is 5.34. The first kappa shape index (κ1) is 27.3. The Bertz CT molecular complexity index is 1270. The van der Waals surface area contributed by atoms with Crippen LogP contribution in [0.4, 0.5) is 5.69 Å². The monoisotopic (exact) mass is 508 g/mol. The average Bonchev–Trinajstić information content (AvgIpc) is 2.82. The zero-order chi connectivity index (χ0) is 26.3. The Morgan fingerprint density at radius 3 is 2.17 bits per heavy atom. The number of benzene rings is 3. The molecule has 1 N–H and O–H groups in total. The molecule has 0 aliphatic rings. The van der Waals surface area contributed by atoms with E-state index in [1.165, 1.54) is 4.31 Å². The van der Waals surface area contributed by atoms with Crippen LogP contribution in [0.15, 0.2) is 71.6 Å². The molecule has 0 bridgehead atoms. The van der Waals surface area contributed by atoms with E-state index < -0.39 is 10.0 Å². The molecule has 0 fully saturated rings. The minimum atomic E-state index is -3.93. The molecule has 6 nitrogen and oxygen atoms in total. The summed E-state index contributed by atoms with van der Waals surface area (Å²) in [4.78, 5) is 13.0. The van der Waals surface area contributed by atoms with Gasteiger partial charge in [-0.25, -0.2) is 8.42 Å². The highest BCUT2D eigenvalue weighted by atomic mass is 32.2. The molecule has 0 aliphatic carbocycles. The molecule has 0 atom stereocenters. The first-order valence-corrected chi connectivity index (χ1v) is 13.7. The summed E-state index contributed by atoms with van der Waals surface area (Å²) in [5, 5.41) is 2.88. The van der Waals surface area contributed by atoms with Crippen LogP contribution in [0, 0.1) is 20.8 Å². The van der Waals surface area contributed by atoms with Gasteiger partial charge < -0.3 is 10.1 Å². The summed E-state index contributed by atoms with van der Waals surface area (Å²) in [5.74, 6) is 0.495. The fourth-order valence-corrected chi connectivity index (χ4v) is 5.42. The molecule has 3 rings (SSSR count). The summed E-state index contributed by atoms with van der Waals surface area (Å²) in [6, 6.07) is 20.2. The van der Waals surface area contributed by atoms with Gasteiger partial charge in [-0.15, -0.1) is 0 Å². The van der Waals surface area contributed by atoms with Crippen LogP contribution in [0.2, 0.25) is 0 Å². The number of carbonyl (C=O) groups is 1. The molecule has 0 heterocycles. The molecule has 0 spiro atoms. The minimum absolute atomic E-state index is 0.129. The highest BCUT2D eigenvalue weighted by Gasteiger charge is 2.28. The van der Waals surface area contributed by atoms with E-state index in [0.29, 0.717) is 12.2 Å². The van der Waals surface area contributed by atoms with Crippen LogP contribution in [0.25, 0.3) is 0 Å². The molecular weight excluding hydrogens is 472 g/mol. The Morgan fingerprint density at radius 2 is 1.56 bits per heavy atom. The Labute approximate surface area is 215 Å². The number of aryl methyl sites for hydroxylation is 4. The van der Waals surface area contributed by atoms with Crippen molar-refractivity contribution in [1.82, 2.24) is 5.32 Å². The number of anilines is 1. The molecule has 0 aliphatic heterocycles. The molecule has 36 heavy (non-hydrogen) atoms. The van der Waals surface area contributed by atoms with E-state index in [1.807, 2.05) is 71.0 Å². The van der Waals surface area contributed by atoms with Crippen LogP contribution < -0.4 is 14.4 Å². The molecule has 3 aromatic carbocycles. The Morgan fingerprint density at radius 1 is 0.917 bits per heavy atom. The Kier molecular flexibility index (Phi) is 9.15. The Balaban J connectivity index is 1.67. The molecule has 1 amide bonds. The largest absolute Gasteiger partial charge is 0.491 e. The van der Waals surface area contributed by atoms with Crippen molar-refractivity contribution in [1.29, 1.82) is 0 Å². The van der Waals surface area contributed by atoms with Crippen molar-refractivity contribution in [2.45, 2.75) is 58.5 Å². The third-order valence-corrected chi connectivity index (χ3v) is 7.55. The topological polar surface area (TPSA) is 75.7 Å². The third-order valence-electron chi connectivity index (χ3n) is 5.78. The first-order chi connectivity index (χ1) is 17.1. The SMILES string of the molecule is Cc1ccc(S(=O)(=O)N(CC(=O)NCCCc2ccc(OC(C)C)cc2)c2ccc(C)cc2C)cc1. The number of amides is 1. The van der Waals surface area contributed by atoms with Gasteiger partial charge in [0.15, 0.2) is 0 Å². The number of nitrogens with one attached hydrogen (secondary N) is 1. The summed E-state index contributed by atoms with van der Waals surface area (Å²) in [7, 11) is -3.93. The molecule has 0 saturated carbocycles. The van der Waals surface area contributed by atoms with E-state index >= 15 is 0 Å². The molecule has 3 aromatic rings. The van der Waals surface area contributed by atoms with E-state index in [0.717, 1.165) is 40.8 Å². The number of sulfonamides is 1. The van der Waals surface area contributed by atoms with Crippen molar-refractivity contribution in [3.8, 4) is 5.75 Å². The summed E-state index contributed by atoms with van der Waals surface area (Å²) >= 11 is 0. The molecule has 192 valence electrons. The molecule has 7 heteroatoms. The van der Waals surface area contributed by atoms with Crippen LogP contribution in [-0.4, -0.2) is 33.5 Å². The van der Waals surface area contributed by atoms with Crippen LogP contribution in [0.1, 0.15) is 42.5 Å². The van der Waals surface area contributed by atoms with Crippen molar-refractivity contribution in [3.05, 3.63) is 89.0 Å². The van der Waals surface area contributed by atoms with E-state index in [-0.39, 0.29) is 23.5 Å². The second-order valence-corrected chi connectivity index (χ2v) is 11.2. The number of hydrogen-bond acceptors (Lipinski definition) is 4. The van der Waals surface area contributed by atoms with Gasteiger partial charge >= 0.3 is 0 Å². The van der Waals surface area contributed by atoms with Gasteiger partial charge in [-0.05, 0) is 88.9 Å². The third kappa shape index (κ3) is 7.34. The lowest BCUT2D eigenvalue weighted by atomic mass is 10.1. The van der Waals surface area contributed by atoms with Crippen molar-refractivity contribution in [3.63, 3.8) is 0 Å². The summed E-state index contributed by atoms with van der Waals surface area (Å²) in [6.07, 6.45) is 1.67. The van der Waals surface area contributed by atoms with Crippen molar-refractivity contribution >= 4 is 21.6 Å². The van der Waals surface area contributed by atoms with E-state index in [1.54, 1.807) is 30.3 Å². The smallest absolute Gasteiger partial charge is 0.264 e. The van der Waals surface area contributed by atoms with E-state index in [4.69, 9.17) is 4.74 Å². The molecule has 0 unspecified atom stereocenters. The van der Waals surface area contributed by atoms with Crippen LogP contribution in [0.5, 0.6) is 5.75 Å². The van der Waals surface area contributed by atoms with Crippen LogP contribution >= 0.6 is 0 Å². The number of hydrogen-bond donors (Lipinski definition) is 1. The van der Waals surface area contributed by atoms with Gasteiger partial charge in [0.05, 0.1) is 16.7 Å². The van der Waals surface area contributed by atoms with Gasteiger partial charge in [0, 0.05) is 6.54 Å². The zero-order valence-corrected chi connectivity index (χ0v) is 22.6. The average molecular weight is 509 g/mol. The minimum Gasteiger partial charge on any atom is -0.491 e. The zero-order valence-electron chi connectivity index (χ0n) is 21.7. The maximum Gasteiger partial charge on any atom is 0.264 e. The summed E-state index contributed by atoms with van der Waals surface area (Å²) in [6.45, 7) is 9.85. The highest BCUT2D eigenvalue weighted by Crippen LogP contribution is 2.27. The van der Waals surface area contributed by atoms with Crippen molar-refractivity contribution in [2.75, 3.05) is 17.4 Å². The Hall–Kier alpha value is -3.32. The second-order valence-electron chi connectivity index (χ2n) is 9.38. The summed E-state index contributed by atoms with van der Waals surface area (Å²) < 4.78 is 34.0. The number of ether oxygens (including phenoxy) is 1. The van der Waals surface area contributed by atoms with Gasteiger partial charge in [-0.3, -0.25) is 9.10 Å². The number of rotatable bonds is 11. The maximum atomic E-state index is 13.6. The lowest BCUT2D eigenvalue weighted by Crippen LogP contribution is -2.41. The van der Waals surface area contributed by atoms with Gasteiger partial charge in [-0.2, -0.15) is 0 Å². The maximum absolute atomic E-state index is 13.6. The van der Waals surface area contributed by atoms with Gasteiger partial charge in [0.1, 0.15) is 12.3 Å². The first-order valence-electron chi connectivity index (χ1n) is 12.2.